The van der Waals surface area contributed by atoms with Crippen molar-refractivity contribution >= 4 is 38.5 Å². The van der Waals surface area contributed by atoms with Gasteiger partial charge in [0, 0.05) is 8.98 Å². The van der Waals surface area contributed by atoms with Gasteiger partial charge in [-0.3, -0.25) is 0 Å². The van der Waals surface area contributed by atoms with Gasteiger partial charge in [0.05, 0.1) is 11.3 Å². The second-order valence-corrected chi connectivity index (χ2v) is 7.85. The van der Waals surface area contributed by atoms with Gasteiger partial charge in [0.15, 0.2) is 33.1 Å². The molecule has 0 unspecified atom stereocenters. The zero-order valence-electron chi connectivity index (χ0n) is 11.7. The fraction of sp³-hybridized carbons (Fsp3) is 0.0667. The lowest BCUT2D eigenvalue weighted by Crippen LogP contribution is -2.05. The van der Waals surface area contributed by atoms with E-state index < -0.39 is 50.2 Å². The summed E-state index contributed by atoms with van der Waals surface area (Å²) >= 11 is 2.03. The summed E-state index contributed by atoms with van der Waals surface area (Å²) in [5, 5.41) is 0.420. The van der Waals surface area contributed by atoms with Crippen molar-refractivity contribution in [1.29, 1.82) is 0 Å². The van der Waals surface area contributed by atoms with E-state index in [9.17, 15) is 30.4 Å². The predicted octanol–water partition coefficient (Wildman–Crippen LogP) is 4.57. The van der Waals surface area contributed by atoms with Crippen LogP contribution in [0.1, 0.15) is 11.1 Å². The highest BCUT2D eigenvalue weighted by atomic mass is 127. The molecule has 0 saturated heterocycles. The number of rotatable bonds is 4. The third-order valence-corrected chi connectivity index (χ3v) is 4.97. The van der Waals surface area contributed by atoms with Crippen molar-refractivity contribution < 1.29 is 30.4 Å². The zero-order valence-corrected chi connectivity index (χ0v) is 14.6. The summed E-state index contributed by atoms with van der Waals surface area (Å²) in [6.07, 6.45) is 0.359. The molecule has 2 aromatic carbocycles. The average Bonchev–Trinajstić information content (AvgIpc) is 2.53. The SMILES string of the molecule is O=S(=O)(C=Cc1c(F)c(F)c(F)c(F)c1F)Cc1ccc(I)cc1. The topological polar surface area (TPSA) is 34.1 Å². The van der Waals surface area contributed by atoms with Crippen LogP contribution in [-0.2, 0) is 15.6 Å². The standard InChI is InChI=1S/C15H8F5IO2S/c16-11-10(12(17)14(19)15(20)13(11)18)5-6-24(22,23)7-8-1-3-9(21)4-2-8/h1-6H,7H2. The molecule has 128 valence electrons. The molecule has 0 aliphatic rings. The van der Waals surface area contributed by atoms with Gasteiger partial charge in [0.1, 0.15) is 0 Å². The Hall–Kier alpha value is -1.49. The Morgan fingerprint density at radius 1 is 0.833 bits per heavy atom. The molecule has 0 aliphatic heterocycles. The highest BCUT2D eigenvalue weighted by Gasteiger charge is 2.24. The van der Waals surface area contributed by atoms with E-state index in [4.69, 9.17) is 0 Å². The smallest absolute Gasteiger partial charge is 0.200 e. The molecular weight excluding hydrogens is 466 g/mol. The van der Waals surface area contributed by atoms with Crippen molar-refractivity contribution in [3.63, 3.8) is 0 Å². The number of hydrogen-bond acceptors (Lipinski definition) is 2. The maximum Gasteiger partial charge on any atom is 0.200 e. The molecule has 9 heteroatoms. The van der Waals surface area contributed by atoms with Crippen molar-refractivity contribution in [1.82, 2.24) is 0 Å². The minimum atomic E-state index is -3.97. The van der Waals surface area contributed by atoms with Crippen LogP contribution in [0.2, 0.25) is 0 Å². The number of benzene rings is 2. The fourth-order valence-electron chi connectivity index (χ4n) is 1.80. The van der Waals surface area contributed by atoms with Crippen molar-refractivity contribution in [2.75, 3.05) is 0 Å². The van der Waals surface area contributed by atoms with E-state index in [1.54, 1.807) is 24.3 Å². The van der Waals surface area contributed by atoms with Crippen LogP contribution in [0, 0.1) is 32.7 Å². The van der Waals surface area contributed by atoms with E-state index in [0.717, 1.165) is 3.57 Å². The van der Waals surface area contributed by atoms with E-state index in [-0.39, 0.29) is 0 Å². The second kappa shape index (κ2) is 7.18. The zero-order chi connectivity index (χ0) is 18.1. The lowest BCUT2D eigenvalue weighted by molar-refractivity contribution is 0.377. The summed E-state index contributed by atoms with van der Waals surface area (Å²) in [6.45, 7) is 0. The third kappa shape index (κ3) is 4.12. The van der Waals surface area contributed by atoms with Crippen molar-refractivity contribution in [2.45, 2.75) is 5.75 Å². The molecule has 0 aliphatic carbocycles. The normalized spacial score (nSPS) is 12.1. The number of hydrogen-bond donors (Lipinski definition) is 0. The average molecular weight is 474 g/mol. The molecular formula is C15H8F5IO2S. The summed E-state index contributed by atoms with van der Waals surface area (Å²) in [5.41, 5.74) is -0.893. The third-order valence-electron chi connectivity index (χ3n) is 2.97. The molecule has 24 heavy (non-hydrogen) atoms. The van der Waals surface area contributed by atoms with E-state index in [2.05, 4.69) is 0 Å². The van der Waals surface area contributed by atoms with Crippen molar-refractivity contribution in [3.05, 3.63) is 73.5 Å². The quantitative estimate of drug-likeness (QED) is 0.282. The molecule has 2 aromatic rings. The summed E-state index contributed by atoms with van der Waals surface area (Å²) in [6, 6.07) is 6.43. The first-order chi connectivity index (χ1) is 11.1. The lowest BCUT2D eigenvalue weighted by atomic mass is 10.1. The predicted molar refractivity (Wildman–Crippen MR) is 87.0 cm³/mol. The van der Waals surface area contributed by atoms with E-state index in [1.807, 2.05) is 22.6 Å². The molecule has 0 bridgehead atoms. The van der Waals surface area contributed by atoms with Gasteiger partial charge in [-0.05, 0) is 46.4 Å². The van der Waals surface area contributed by atoms with Gasteiger partial charge >= 0.3 is 0 Å². The van der Waals surface area contributed by atoms with Gasteiger partial charge in [-0.1, -0.05) is 12.1 Å². The molecule has 0 saturated carbocycles. The summed E-state index contributed by atoms with van der Waals surface area (Å²) < 4.78 is 90.7. The van der Waals surface area contributed by atoms with Gasteiger partial charge in [-0.2, -0.15) is 0 Å². The van der Waals surface area contributed by atoms with Gasteiger partial charge in [-0.15, -0.1) is 0 Å². The maximum atomic E-state index is 13.5. The first-order valence-corrected chi connectivity index (χ1v) is 9.08. The molecule has 0 N–H and O–H groups in total. The number of sulfone groups is 1. The molecule has 0 heterocycles. The van der Waals surface area contributed by atoms with Crippen LogP contribution in [0.25, 0.3) is 6.08 Å². The van der Waals surface area contributed by atoms with Crippen LogP contribution < -0.4 is 0 Å². The summed E-state index contributed by atoms with van der Waals surface area (Å²) in [7, 11) is -3.97. The minimum absolute atomic E-state index is 0.359. The largest absolute Gasteiger partial charge is 0.224 e. The van der Waals surface area contributed by atoms with Crippen LogP contribution in [0.5, 0.6) is 0 Å². The van der Waals surface area contributed by atoms with Crippen molar-refractivity contribution in [3.8, 4) is 0 Å². The van der Waals surface area contributed by atoms with Gasteiger partial charge in [0.25, 0.3) is 0 Å². The highest BCUT2D eigenvalue weighted by Crippen LogP contribution is 2.24. The summed E-state index contributed by atoms with van der Waals surface area (Å²) in [5.74, 6) is -11.2. The van der Waals surface area contributed by atoms with Crippen molar-refractivity contribution in [2.24, 2.45) is 0 Å². The molecule has 0 amide bonds. The molecule has 2 rings (SSSR count). The van der Waals surface area contributed by atoms with Crippen LogP contribution in [0.15, 0.2) is 29.7 Å². The van der Waals surface area contributed by atoms with Gasteiger partial charge < -0.3 is 0 Å². The Bertz CT molecular complexity index is 879. The molecule has 0 aromatic heterocycles. The maximum absolute atomic E-state index is 13.5. The number of halogens is 6. The van der Waals surface area contributed by atoms with Gasteiger partial charge in [0.2, 0.25) is 5.82 Å². The van der Waals surface area contributed by atoms with Crippen LogP contribution >= 0.6 is 22.6 Å². The molecule has 0 atom stereocenters. The van der Waals surface area contributed by atoms with E-state index in [0.29, 0.717) is 17.0 Å². The molecule has 0 fully saturated rings. The summed E-state index contributed by atoms with van der Waals surface area (Å²) in [4.78, 5) is 0. The van der Waals surface area contributed by atoms with Crippen LogP contribution in [-0.4, -0.2) is 8.42 Å². The van der Waals surface area contributed by atoms with Crippen LogP contribution in [0.4, 0.5) is 22.0 Å². The Morgan fingerprint density at radius 3 is 1.79 bits per heavy atom. The molecule has 0 spiro atoms. The monoisotopic (exact) mass is 474 g/mol. The van der Waals surface area contributed by atoms with Crippen LogP contribution in [0.3, 0.4) is 0 Å². The first kappa shape index (κ1) is 18.8. The first-order valence-electron chi connectivity index (χ1n) is 6.29. The second-order valence-electron chi connectivity index (χ2n) is 4.72. The molecule has 2 nitrogen and oxygen atoms in total. The Kier molecular flexibility index (Phi) is 5.63. The van der Waals surface area contributed by atoms with Gasteiger partial charge in [-0.25, -0.2) is 30.4 Å². The lowest BCUT2D eigenvalue weighted by Gasteiger charge is -2.04. The Morgan fingerprint density at radius 2 is 1.29 bits per heavy atom. The Labute approximate surface area is 148 Å². The minimum Gasteiger partial charge on any atom is -0.224 e. The van der Waals surface area contributed by atoms with E-state index in [1.165, 1.54) is 0 Å². The highest BCUT2D eigenvalue weighted by molar-refractivity contribution is 14.1. The fourth-order valence-corrected chi connectivity index (χ4v) is 3.26. The Balaban J connectivity index is 2.35. The molecule has 0 radical (unpaired) electrons. The van der Waals surface area contributed by atoms with E-state index >= 15 is 0 Å².